The number of aryl methyl sites for hydroxylation is 1. The number of aromatic nitrogens is 1. The molecule has 0 saturated heterocycles. The molecular formula is C13H14N2O. The van der Waals surface area contributed by atoms with E-state index in [0.717, 1.165) is 28.1 Å². The van der Waals surface area contributed by atoms with Gasteiger partial charge < -0.3 is 10.5 Å². The molecule has 2 N–H and O–H groups in total. The first-order chi connectivity index (χ1) is 7.72. The van der Waals surface area contributed by atoms with Crippen molar-refractivity contribution in [3.63, 3.8) is 0 Å². The van der Waals surface area contributed by atoms with Crippen molar-refractivity contribution < 1.29 is 4.74 Å². The third-order valence-corrected chi connectivity index (χ3v) is 2.59. The van der Waals surface area contributed by atoms with E-state index in [9.17, 15) is 0 Å². The zero-order valence-electron chi connectivity index (χ0n) is 9.40. The zero-order chi connectivity index (χ0) is 11.5. The Morgan fingerprint density at radius 1 is 1.25 bits per heavy atom. The molecule has 3 nitrogen and oxygen atoms in total. The lowest BCUT2D eigenvalue weighted by Gasteiger charge is -2.09. The van der Waals surface area contributed by atoms with Crippen molar-refractivity contribution in [3.8, 4) is 16.9 Å². The minimum atomic E-state index is 0.781. The van der Waals surface area contributed by atoms with Gasteiger partial charge in [-0.1, -0.05) is 12.1 Å². The maximum atomic E-state index is 5.89. The number of anilines is 1. The Morgan fingerprint density at radius 2 is 2.06 bits per heavy atom. The first kappa shape index (κ1) is 10.5. The Hall–Kier alpha value is -2.03. The molecule has 0 fully saturated rings. The third kappa shape index (κ3) is 1.84. The van der Waals surface area contributed by atoms with E-state index in [4.69, 9.17) is 10.5 Å². The van der Waals surface area contributed by atoms with Crippen LogP contribution in [0.2, 0.25) is 0 Å². The molecule has 1 heterocycles. The molecule has 0 aliphatic rings. The van der Waals surface area contributed by atoms with Crippen LogP contribution in [0, 0.1) is 6.92 Å². The van der Waals surface area contributed by atoms with Crippen LogP contribution in [0.1, 0.15) is 5.56 Å². The molecule has 0 bridgehead atoms. The second-order valence-electron chi connectivity index (χ2n) is 3.65. The van der Waals surface area contributed by atoms with Crippen molar-refractivity contribution in [2.75, 3.05) is 12.8 Å². The van der Waals surface area contributed by atoms with Crippen LogP contribution in [0.25, 0.3) is 11.1 Å². The van der Waals surface area contributed by atoms with Gasteiger partial charge in [0, 0.05) is 23.6 Å². The average molecular weight is 214 g/mol. The van der Waals surface area contributed by atoms with Crippen LogP contribution in [0.15, 0.2) is 36.7 Å². The Morgan fingerprint density at radius 3 is 2.75 bits per heavy atom. The van der Waals surface area contributed by atoms with Gasteiger partial charge in [0.25, 0.3) is 0 Å². The van der Waals surface area contributed by atoms with Crippen molar-refractivity contribution in [2.45, 2.75) is 6.92 Å². The molecule has 0 radical (unpaired) electrons. The van der Waals surface area contributed by atoms with Gasteiger partial charge in [-0.15, -0.1) is 0 Å². The van der Waals surface area contributed by atoms with Crippen LogP contribution in [0.4, 0.5) is 5.69 Å². The number of rotatable bonds is 2. The fourth-order valence-corrected chi connectivity index (χ4v) is 1.58. The molecule has 2 aromatic rings. The van der Waals surface area contributed by atoms with Crippen LogP contribution < -0.4 is 10.5 Å². The molecule has 16 heavy (non-hydrogen) atoms. The summed E-state index contributed by atoms with van der Waals surface area (Å²) < 4.78 is 5.29. The second-order valence-corrected chi connectivity index (χ2v) is 3.65. The molecule has 2 rings (SSSR count). The molecule has 0 aliphatic carbocycles. The van der Waals surface area contributed by atoms with Crippen LogP contribution in [-0.2, 0) is 0 Å². The Balaban J connectivity index is 2.54. The van der Waals surface area contributed by atoms with E-state index < -0.39 is 0 Å². The fourth-order valence-electron chi connectivity index (χ4n) is 1.58. The lowest BCUT2D eigenvalue weighted by molar-refractivity contribution is 0.416. The second kappa shape index (κ2) is 4.23. The molecule has 0 saturated carbocycles. The lowest BCUT2D eigenvalue weighted by atomic mass is 10.0. The normalized spacial score (nSPS) is 10.1. The maximum absolute atomic E-state index is 5.89. The third-order valence-electron chi connectivity index (χ3n) is 2.59. The van der Waals surface area contributed by atoms with Gasteiger partial charge in [0.15, 0.2) is 0 Å². The van der Waals surface area contributed by atoms with Crippen LogP contribution in [0.5, 0.6) is 5.75 Å². The van der Waals surface area contributed by atoms with Crippen molar-refractivity contribution in [1.29, 1.82) is 0 Å². The topological polar surface area (TPSA) is 48.1 Å². The molecule has 1 aromatic heterocycles. The van der Waals surface area contributed by atoms with E-state index in [0.29, 0.717) is 0 Å². The number of benzene rings is 1. The number of hydrogen-bond donors (Lipinski definition) is 1. The van der Waals surface area contributed by atoms with E-state index in [-0.39, 0.29) is 0 Å². The SMILES string of the molecule is COc1ccncc1-c1ccc(C)c(N)c1. The molecule has 1 aromatic carbocycles. The van der Waals surface area contributed by atoms with E-state index in [1.165, 1.54) is 0 Å². The minimum absolute atomic E-state index is 0.781. The highest BCUT2D eigenvalue weighted by molar-refractivity contribution is 5.73. The smallest absolute Gasteiger partial charge is 0.129 e. The van der Waals surface area contributed by atoms with Crippen molar-refractivity contribution >= 4 is 5.69 Å². The first-order valence-corrected chi connectivity index (χ1v) is 5.07. The maximum Gasteiger partial charge on any atom is 0.129 e. The van der Waals surface area contributed by atoms with E-state index >= 15 is 0 Å². The highest BCUT2D eigenvalue weighted by Gasteiger charge is 2.06. The lowest BCUT2D eigenvalue weighted by Crippen LogP contribution is -1.92. The van der Waals surface area contributed by atoms with Gasteiger partial charge in [-0.25, -0.2) is 0 Å². The van der Waals surface area contributed by atoms with Gasteiger partial charge in [-0.2, -0.15) is 0 Å². The Labute approximate surface area is 94.9 Å². The molecular weight excluding hydrogens is 200 g/mol. The zero-order valence-corrected chi connectivity index (χ0v) is 9.40. The van der Waals surface area contributed by atoms with Gasteiger partial charge in [0.05, 0.1) is 7.11 Å². The number of pyridine rings is 1. The van der Waals surface area contributed by atoms with Gasteiger partial charge in [-0.3, -0.25) is 4.98 Å². The Bertz CT molecular complexity index is 509. The summed E-state index contributed by atoms with van der Waals surface area (Å²) in [4.78, 5) is 4.10. The Kier molecular flexibility index (Phi) is 2.77. The van der Waals surface area contributed by atoms with E-state index in [1.54, 1.807) is 19.5 Å². The molecule has 0 unspecified atom stereocenters. The highest BCUT2D eigenvalue weighted by atomic mass is 16.5. The summed E-state index contributed by atoms with van der Waals surface area (Å²) in [7, 11) is 1.65. The van der Waals surface area contributed by atoms with Crippen molar-refractivity contribution in [3.05, 3.63) is 42.2 Å². The van der Waals surface area contributed by atoms with Gasteiger partial charge >= 0.3 is 0 Å². The summed E-state index contributed by atoms with van der Waals surface area (Å²) >= 11 is 0. The molecule has 0 aliphatic heterocycles. The molecule has 3 heteroatoms. The monoisotopic (exact) mass is 214 g/mol. The van der Waals surface area contributed by atoms with Crippen LogP contribution in [-0.4, -0.2) is 12.1 Å². The predicted octanol–water partition coefficient (Wildman–Crippen LogP) is 2.65. The molecule has 82 valence electrons. The summed E-state index contributed by atoms with van der Waals surface area (Å²) in [6.07, 6.45) is 3.49. The van der Waals surface area contributed by atoms with E-state index in [2.05, 4.69) is 4.98 Å². The molecule has 0 atom stereocenters. The number of hydrogen-bond acceptors (Lipinski definition) is 3. The standard InChI is InChI=1S/C13H14N2O/c1-9-3-4-10(7-12(9)14)11-8-15-6-5-13(11)16-2/h3-8H,14H2,1-2H3. The summed E-state index contributed by atoms with van der Waals surface area (Å²) in [6.45, 7) is 1.99. The van der Waals surface area contributed by atoms with Gasteiger partial charge in [-0.05, 0) is 30.2 Å². The average Bonchev–Trinajstić information content (AvgIpc) is 2.32. The number of nitrogens with zero attached hydrogens (tertiary/aromatic N) is 1. The molecule has 0 amide bonds. The first-order valence-electron chi connectivity index (χ1n) is 5.07. The van der Waals surface area contributed by atoms with Crippen molar-refractivity contribution in [1.82, 2.24) is 4.98 Å². The summed E-state index contributed by atoms with van der Waals surface area (Å²) in [5.74, 6) is 0.804. The van der Waals surface area contributed by atoms with Crippen LogP contribution >= 0.6 is 0 Å². The number of nitrogen functional groups attached to an aromatic ring is 1. The van der Waals surface area contributed by atoms with Gasteiger partial charge in [0.2, 0.25) is 0 Å². The minimum Gasteiger partial charge on any atom is -0.496 e. The van der Waals surface area contributed by atoms with Gasteiger partial charge in [0.1, 0.15) is 5.75 Å². The van der Waals surface area contributed by atoms with E-state index in [1.807, 2.05) is 31.2 Å². The summed E-state index contributed by atoms with van der Waals surface area (Å²) in [5.41, 5.74) is 9.72. The largest absolute Gasteiger partial charge is 0.496 e. The number of nitrogens with two attached hydrogens (primary N) is 1. The fraction of sp³-hybridized carbons (Fsp3) is 0.154. The number of methoxy groups -OCH3 is 1. The highest BCUT2D eigenvalue weighted by Crippen LogP contribution is 2.30. The number of ether oxygens (including phenoxy) is 1. The predicted molar refractivity (Wildman–Crippen MR) is 65.4 cm³/mol. The molecule has 0 spiro atoms. The van der Waals surface area contributed by atoms with Crippen molar-refractivity contribution in [2.24, 2.45) is 0 Å². The summed E-state index contributed by atoms with van der Waals surface area (Å²) in [6, 6.07) is 7.79. The quantitative estimate of drug-likeness (QED) is 0.782. The summed E-state index contributed by atoms with van der Waals surface area (Å²) in [5, 5.41) is 0. The van der Waals surface area contributed by atoms with Crippen LogP contribution in [0.3, 0.4) is 0 Å².